The predicted octanol–water partition coefficient (Wildman–Crippen LogP) is 4.27. The van der Waals surface area contributed by atoms with Crippen LogP contribution in [0.4, 0.5) is 0 Å². The summed E-state index contributed by atoms with van der Waals surface area (Å²) < 4.78 is 5.78. The second-order valence-electron chi connectivity index (χ2n) is 8.74. The molecule has 1 heterocycles. The monoisotopic (exact) mass is 422 g/mol. The molecule has 1 fully saturated rings. The normalized spacial score (nSPS) is 15.2. The quantitative estimate of drug-likeness (QED) is 0.477. The zero-order valence-electron chi connectivity index (χ0n) is 18.0. The van der Waals surface area contributed by atoms with Crippen LogP contribution in [-0.2, 0) is 15.0 Å². The first kappa shape index (κ1) is 23.5. The lowest BCUT2D eigenvalue weighted by Gasteiger charge is -2.32. The van der Waals surface area contributed by atoms with E-state index in [1.807, 2.05) is 17.0 Å². The van der Waals surface area contributed by atoms with E-state index in [-0.39, 0.29) is 23.3 Å². The molecule has 6 heteroatoms. The molecule has 5 nitrogen and oxygen atoms in total. The number of hydrogen-bond acceptors (Lipinski definition) is 3. The average Bonchev–Trinajstić information content (AvgIpc) is 2.69. The van der Waals surface area contributed by atoms with Crippen LogP contribution in [0.2, 0.25) is 0 Å². The number of nitrogens with zero attached hydrogens (tertiary/aromatic N) is 1. The van der Waals surface area contributed by atoms with Gasteiger partial charge in [0.05, 0.1) is 6.61 Å². The maximum absolute atomic E-state index is 12.4. The zero-order chi connectivity index (χ0) is 21.3. The molecule has 2 rings (SSSR count). The highest BCUT2D eigenvalue weighted by Gasteiger charge is 2.23. The van der Waals surface area contributed by atoms with Crippen molar-refractivity contribution in [1.29, 1.82) is 0 Å². The van der Waals surface area contributed by atoms with Crippen LogP contribution in [0.3, 0.4) is 0 Å². The van der Waals surface area contributed by atoms with Crippen molar-refractivity contribution in [3.05, 3.63) is 29.8 Å². The van der Waals surface area contributed by atoms with Gasteiger partial charge in [-0.15, -0.1) is 11.6 Å². The minimum atomic E-state index is 0.0584. The lowest BCUT2D eigenvalue weighted by atomic mass is 9.87. The Hall–Kier alpha value is -1.75. The number of hydrogen-bond donors (Lipinski definition) is 1. The first-order chi connectivity index (χ1) is 13.8. The third kappa shape index (κ3) is 8.25. The van der Waals surface area contributed by atoms with Gasteiger partial charge in [-0.3, -0.25) is 9.59 Å². The second-order valence-corrected chi connectivity index (χ2v) is 9.12. The fourth-order valence-corrected chi connectivity index (χ4v) is 3.56. The molecule has 29 heavy (non-hydrogen) atoms. The molecule has 0 aliphatic carbocycles. The number of carbonyl (C=O) groups excluding carboxylic acids is 2. The summed E-state index contributed by atoms with van der Waals surface area (Å²) in [5, 5.41) is 3.04. The molecule has 0 spiro atoms. The second kappa shape index (κ2) is 11.4. The van der Waals surface area contributed by atoms with Gasteiger partial charge in [-0.25, -0.2) is 0 Å². The SMILES string of the molecule is CC(C)(C)c1ccc(OCCCC(=O)N2CCC(NC(=O)CCCCl)CC2)cc1. The Kier molecular flexibility index (Phi) is 9.28. The Bertz CT molecular complexity index is 647. The van der Waals surface area contributed by atoms with Crippen molar-refractivity contribution in [2.24, 2.45) is 0 Å². The van der Waals surface area contributed by atoms with Crippen LogP contribution in [0.25, 0.3) is 0 Å². The van der Waals surface area contributed by atoms with E-state index in [0.717, 1.165) is 18.6 Å². The molecule has 1 N–H and O–H groups in total. The minimum absolute atomic E-state index is 0.0584. The van der Waals surface area contributed by atoms with E-state index in [2.05, 4.69) is 38.2 Å². The fraction of sp³-hybridized carbons (Fsp3) is 0.652. The summed E-state index contributed by atoms with van der Waals surface area (Å²) in [6.45, 7) is 8.50. The van der Waals surface area contributed by atoms with Gasteiger partial charge in [0.1, 0.15) is 5.75 Å². The van der Waals surface area contributed by atoms with E-state index >= 15 is 0 Å². The van der Waals surface area contributed by atoms with Crippen LogP contribution < -0.4 is 10.1 Å². The van der Waals surface area contributed by atoms with Gasteiger partial charge in [0.15, 0.2) is 0 Å². The van der Waals surface area contributed by atoms with Crippen molar-refractivity contribution in [3.63, 3.8) is 0 Å². The Labute approximate surface area is 180 Å². The van der Waals surface area contributed by atoms with E-state index in [0.29, 0.717) is 51.3 Å². The molecule has 0 saturated carbocycles. The number of likely N-dealkylation sites (tertiary alicyclic amines) is 1. The van der Waals surface area contributed by atoms with Gasteiger partial charge in [0.2, 0.25) is 11.8 Å². The number of rotatable bonds is 9. The van der Waals surface area contributed by atoms with Crippen LogP contribution in [0.15, 0.2) is 24.3 Å². The van der Waals surface area contributed by atoms with Crippen molar-refractivity contribution < 1.29 is 14.3 Å². The summed E-state index contributed by atoms with van der Waals surface area (Å²) >= 11 is 5.62. The number of carbonyl (C=O) groups is 2. The smallest absolute Gasteiger partial charge is 0.222 e. The van der Waals surface area contributed by atoms with Gasteiger partial charge in [-0.2, -0.15) is 0 Å². The van der Waals surface area contributed by atoms with Gasteiger partial charge >= 0.3 is 0 Å². The van der Waals surface area contributed by atoms with Gasteiger partial charge in [0.25, 0.3) is 0 Å². The molecule has 0 radical (unpaired) electrons. The van der Waals surface area contributed by atoms with E-state index in [9.17, 15) is 9.59 Å². The van der Waals surface area contributed by atoms with Crippen molar-refractivity contribution >= 4 is 23.4 Å². The Morgan fingerprint density at radius 3 is 2.34 bits per heavy atom. The van der Waals surface area contributed by atoms with Crippen LogP contribution in [0, 0.1) is 0 Å². The minimum Gasteiger partial charge on any atom is -0.494 e. The lowest BCUT2D eigenvalue weighted by molar-refractivity contribution is -0.132. The summed E-state index contributed by atoms with van der Waals surface area (Å²) in [6, 6.07) is 8.35. The standard InChI is InChI=1S/C23H35ClN2O3/c1-23(2,3)18-8-10-20(11-9-18)29-17-5-7-22(28)26-15-12-19(13-16-26)25-21(27)6-4-14-24/h8-11,19H,4-7,12-17H2,1-3H3,(H,25,27). The van der Waals surface area contributed by atoms with E-state index in [4.69, 9.17) is 16.3 Å². The molecule has 162 valence electrons. The van der Waals surface area contributed by atoms with E-state index in [1.54, 1.807) is 0 Å². The average molecular weight is 423 g/mol. The van der Waals surface area contributed by atoms with Gasteiger partial charge in [-0.05, 0) is 48.8 Å². The fourth-order valence-electron chi connectivity index (χ4n) is 3.42. The highest BCUT2D eigenvalue weighted by molar-refractivity contribution is 6.17. The topological polar surface area (TPSA) is 58.6 Å². The highest BCUT2D eigenvalue weighted by Crippen LogP contribution is 2.24. The maximum atomic E-state index is 12.4. The lowest BCUT2D eigenvalue weighted by Crippen LogP contribution is -2.46. The van der Waals surface area contributed by atoms with Crippen molar-refractivity contribution in [2.45, 2.75) is 70.8 Å². The van der Waals surface area contributed by atoms with Gasteiger partial charge < -0.3 is 15.0 Å². The van der Waals surface area contributed by atoms with Crippen molar-refractivity contribution in [3.8, 4) is 5.75 Å². The molecular formula is C23H35ClN2O3. The molecule has 1 aromatic carbocycles. The number of halogens is 1. The maximum Gasteiger partial charge on any atom is 0.222 e. The Morgan fingerprint density at radius 2 is 1.76 bits per heavy atom. The molecule has 1 saturated heterocycles. The van der Waals surface area contributed by atoms with Crippen LogP contribution in [0.5, 0.6) is 5.75 Å². The van der Waals surface area contributed by atoms with Crippen LogP contribution in [-0.4, -0.2) is 48.3 Å². The zero-order valence-corrected chi connectivity index (χ0v) is 18.8. The Balaban J connectivity index is 1.62. The molecule has 0 unspecified atom stereocenters. The molecule has 0 aromatic heterocycles. The van der Waals surface area contributed by atoms with Crippen LogP contribution >= 0.6 is 11.6 Å². The number of nitrogens with one attached hydrogen (secondary N) is 1. The molecule has 1 aliphatic heterocycles. The highest BCUT2D eigenvalue weighted by atomic mass is 35.5. The first-order valence-electron chi connectivity index (χ1n) is 10.7. The molecule has 1 aromatic rings. The first-order valence-corrected chi connectivity index (χ1v) is 11.2. The number of benzene rings is 1. The van der Waals surface area contributed by atoms with E-state index < -0.39 is 0 Å². The number of amides is 2. The molecule has 1 aliphatic rings. The number of alkyl halides is 1. The third-order valence-electron chi connectivity index (χ3n) is 5.27. The summed E-state index contributed by atoms with van der Waals surface area (Å²) in [4.78, 5) is 26.1. The van der Waals surface area contributed by atoms with E-state index in [1.165, 1.54) is 5.56 Å². The van der Waals surface area contributed by atoms with Gasteiger partial charge in [0, 0.05) is 37.9 Å². The summed E-state index contributed by atoms with van der Waals surface area (Å²) in [7, 11) is 0. The predicted molar refractivity (Wildman–Crippen MR) is 118 cm³/mol. The van der Waals surface area contributed by atoms with Gasteiger partial charge in [-0.1, -0.05) is 32.9 Å². The molecule has 0 bridgehead atoms. The number of piperidine rings is 1. The summed E-state index contributed by atoms with van der Waals surface area (Å²) in [5.74, 6) is 1.58. The third-order valence-corrected chi connectivity index (χ3v) is 5.54. The molecule has 2 amide bonds. The van der Waals surface area contributed by atoms with Crippen molar-refractivity contribution in [2.75, 3.05) is 25.6 Å². The number of ether oxygens (including phenoxy) is 1. The van der Waals surface area contributed by atoms with Crippen LogP contribution in [0.1, 0.15) is 64.9 Å². The van der Waals surface area contributed by atoms with Crippen molar-refractivity contribution in [1.82, 2.24) is 10.2 Å². The summed E-state index contributed by atoms with van der Waals surface area (Å²) in [6.07, 6.45) is 4.00. The molecule has 0 atom stereocenters. The Morgan fingerprint density at radius 1 is 1.10 bits per heavy atom. The molecular weight excluding hydrogens is 388 g/mol. The largest absolute Gasteiger partial charge is 0.494 e. The summed E-state index contributed by atoms with van der Waals surface area (Å²) in [5.41, 5.74) is 1.41.